The van der Waals surface area contributed by atoms with Crippen LogP contribution in [0.4, 0.5) is 5.69 Å². The van der Waals surface area contributed by atoms with Gasteiger partial charge in [0.15, 0.2) is 0 Å². The SMILES string of the molecule is CC1=NN(c2ccc(C(=O)OC(C)C)cc2)C(=O)C1=Cc1cccn1-c1ccc(S(N)(=O)=O)cc1. The predicted octanol–water partition coefficient (Wildman–Crippen LogP) is 3.50. The first-order valence-corrected chi connectivity index (χ1v) is 12.3. The van der Waals surface area contributed by atoms with Gasteiger partial charge in [-0.25, -0.2) is 18.4 Å². The van der Waals surface area contributed by atoms with Crippen LogP contribution in [0.3, 0.4) is 0 Å². The van der Waals surface area contributed by atoms with Crippen molar-refractivity contribution < 1.29 is 22.7 Å². The van der Waals surface area contributed by atoms with Crippen molar-refractivity contribution in [1.82, 2.24) is 4.57 Å². The summed E-state index contributed by atoms with van der Waals surface area (Å²) < 4.78 is 30.1. The van der Waals surface area contributed by atoms with Crippen molar-refractivity contribution in [2.75, 3.05) is 5.01 Å². The lowest BCUT2D eigenvalue weighted by Crippen LogP contribution is -2.21. The van der Waals surface area contributed by atoms with Gasteiger partial charge in [-0.1, -0.05) is 0 Å². The molecule has 180 valence electrons. The second kappa shape index (κ2) is 9.32. The summed E-state index contributed by atoms with van der Waals surface area (Å²) in [6.45, 7) is 5.29. The molecule has 2 heterocycles. The molecule has 0 radical (unpaired) electrons. The number of aromatic nitrogens is 1. The number of sulfonamides is 1. The molecule has 1 aliphatic heterocycles. The Kier molecular flexibility index (Phi) is 6.42. The van der Waals surface area contributed by atoms with Crippen LogP contribution in [0.1, 0.15) is 36.8 Å². The Balaban J connectivity index is 1.59. The summed E-state index contributed by atoms with van der Waals surface area (Å²) in [6, 6.07) is 16.3. The molecule has 2 aromatic carbocycles. The number of ether oxygens (including phenoxy) is 1. The Hall–Kier alpha value is -4.02. The van der Waals surface area contributed by atoms with E-state index < -0.39 is 16.0 Å². The van der Waals surface area contributed by atoms with E-state index in [-0.39, 0.29) is 16.9 Å². The Labute approximate surface area is 203 Å². The van der Waals surface area contributed by atoms with Crippen molar-refractivity contribution >= 4 is 39.4 Å². The molecule has 1 aliphatic rings. The van der Waals surface area contributed by atoms with Crippen molar-refractivity contribution in [3.63, 3.8) is 0 Å². The van der Waals surface area contributed by atoms with Gasteiger partial charge in [0, 0.05) is 17.6 Å². The van der Waals surface area contributed by atoms with Crippen LogP contribution in [0.25, 0.3) is 11.8 Å². The van der Waals surface area contributed by atoms with Gasteiger partial charge in [0.2, 0.25) is 10.0 Å². The molecule has 0 fully saturated rings. The maximum Gasteiger partial charge on any atom is 0.338 e. The van der Waals surface area contributed by atoms with E-state index in [1.807, 2.05) is 16.7 Å². The summed E-state index contributed by atoms with van der Waals surface area (Å²) >= 11 is 0. The number of hydrogen-bond acceptors (Lipinski definition) is 6. The molecule has 0 bridgehead atoms. The summed E-state index contributed by atoms with van der Waals surface area (Å²) in [5.41, 5.74) is 3.27. The number of nitrogens with zero attached hydrogens (tertiary/aromatic N) is 3. The summed E-state index contributed by atoms with van der Waals surface area (Å²) in [6.07, 6.45) is 3.30. The number of nitrogens with two attached hydrogens (primary N) is 1. The molecule has 0 spiro atoms. The lowest BCUT2D eigenvalue weighted by Gasteiger charge is -2.13. The standard InChI is InChI=1S/C25H24N4O5S/c1-16(2)34-25(31)18-6-8-20(9-7-18)29-24(30)23(17(3)27-29)15-21-5-4-14-28(21)19-10-12-22(13-11-19)35(26,32)33/h4-16H,1-3H3,(H2,26,32,33). The van der Waals surface area contributed by atoms with Crippen LogP contribution in [-0.4, -0.2) is 36.7 Å². The van der Waals surface area contributed by atoms with Crippen molar-refractivity contribution in [2.45, 2.75) is 31.8 Å². The molecule has 35 heavy (non-hydrogen) atoms. The lowest BCUT2D eigenvalue weighted by molar-refractivity contribution is -0.114. The number of carbonyl (C=O) groups is 2. The quantitative estimate of drug-likeness (QED) is 0.417. The second-order valence-corrected chi connectivity index (χ2v) is 9.76. The number of esters is 1. The molecular formula is C25H24N4O5S. The van der Waals surface area contributed by atoms with Gasteiger partial charge in [-0.05, 0) is 87.5 Å². The Bertz CT molecular complexity index is 1450. The molecule has 9 nitrogen and oxygen atoms in total. The monoisotopic (exact) mass is 492 g/mol. The number of hydrazone groups is 1. The summed E-state index contributed by atoms with van der Waals surface area (Å²) in [4.78, 5) is 25.3. The average molecular weight is 493 g/mol. The number of amides is 1. The minimum Gasteiger partial charge on any atom is -0.459 e. The maximum absolute atomic E-state index is 13.2. The van der Waals surface area contributed by atoms with Crippen molar-refractivity contribution in [2.24, 2.45) is 10.2 Å². The number of primary sulfonamides is 1. The van der Waals surface area contributed by atoms with Crippen LogP contribution in [-0.2, 0) is 19.6 Å². The Morgan fingerprint density at radius 1 is 1.03 bits per heavy atom. The molecule has 0 unspecified atom stereocenters. The van der Waals surface area contributed by atoms with Crippen molar-refractivity contribution in [3.8, 4) is 5.69 Å². The highest BCUT2D eigenvalue weighted by atomic mass is 32.2. The fraction of sp³-hybridized carbons (Fsp3) is 0.160. The molecule has 0 atom stereocenters. The average Bonchev–Trinajstić information content (AvgIpc) is 3.38. The normalized spacial score (nSPS) is 15.1. The van der Waals surface area contributed by atoms with Crippen LogP contribution in [0.5, 0.6) is 0 Å². The highest BCUT2D eigenvalue weighted by molar-refractivity contribution is 7.89. The first kappa shape index (κ1) is 24.1. The van der Waals surface area contributed by atoms with Gasteiger partial charge >= 0.3 is 5.97 Å². The van der Waals surface area contributed by atoms with Gasteiger partial charge in [0.1, 0.15) is 0 Å². The maximum atomic E-state index is 13.2. The fourth-order valence-corrected chi connectivity index (χ4v) is 4.09. The minimum absolute atomic E-state index is 0.0152. The highest BCUT2D eigenvalue weighted by Gasteiger charge is 2.29. The zero-order valence-corrected chi connectivity index (χ0v) is 20.2. The minimum atomic E-state index is -3.79. The molecular weight excluding hydrogens is 468 g/mol. The summed E-state index contributed by atoms with van der Waals surface area (Å²) in [5.74, 6) is -0.741. The summed E-state index contributed by atoms with van der Waals surface area (Å²) in [7, 11) is -3.79. The van der Waals surface area contributed by atoms with Crippen LogP contribution in [0.2, 0.25) is 0 Å². The second-order valence-electron chi connectivity index (χ2n) is 8.20. The van der Waals surface area contributed by atoms with Gasteiger partial charge < -0.3 is 9.30 Å². The molecule has 1 aromatic heterocycles. The van der Waals surface area contributed by atoms with Crippen LogP contribution >= 0.6 is 0 Å². The third-order valence-electron chi connectivity index (χ3n) is 5.27. The smallest absolute Gasteiger partial charge is 0.338 e. The Morgan fingerprint density at radius 2 is 1.66 bits per heavy atom. The molecule has 0 saturated carbocycles. The first-order chi connectivity index (χ1) is 16.5. The van der Waals surface area contributed by atoms with E-state index in [0.29, 0.717) is 33.9 Å². The molecule has 4 rings (SSSR count). The van der Waals surface area contributed by atoms with E-state index in [1.54, 1.807) is 69.4 Å². The van der Waals surface area contributed by atoms with Crippen molar-refractivity contribution in [3.05, 3.63) is 83.7 Å². The summed E-state index contributed by atoms with van der Waals surface area (Å²) in [5, 5.41) is 10.9. The van der Waals surface area contributed by atoms with E-state index in [4.69, 9.17) is 9.88 Å². The molecule has 10 heteroatoms. The fourth-order valence-electron chi connectivity index (χ4n) is 3.57. The molecule has 3 aromatic rings. The van der Waals surface area contributed by atoms with E-state index in [2.05, 4.69) is 5.10 Å². The number of hydrogen-bond donors (Lipinski definition) is 1. The largest absolute Gasteiger partial charge is 0.459 e. The van der Waals surface area contributed by atoms with Gasteiger partial charge in [0.05, 0.1) is 33.5 Å². The third-order valence-corrected chi connectivity index (χ3v) is 6.20. The number of carbonyl (C=O) groups excluding carboxylic acids is 2. The number of benzene rings is 2. The molecule has 0 saturated heterocycles. The van der Waals surface area contributed by atoms with Crippen LogP contribution in [0.15, 0.2) is 82.4 Å². The highest BCUT2D eigenvalue weighted by Crippen LogP contribution is 2.26. The number of anilines is 1. The molecule has 0 aliphatic carbocycles. The first-order valence-electron chi connectivity index (χ1n) is 10.8. The van der Waals surface area contributed by atoms with Crippen molar-refractivity contribution in [1.29, 1.82) is 0 Å². The zero-order chi connectivity index (χ0) is 25.3. The van der Waals surface area contributed by atoms with E-state index in [0.717, 1.165) is 0 Å². The van der Waals surface area contributed by atoms with Gasteiger partial charge in [-0.2, -0.15) is 10.1 Å². The third kappa shape index (κ3) is 5.08. The number of rotatable bonds is 6. The van der Waals surface area contributed by atoms with E-state index in [1.165, 1.54) is 17.1 Å². The van der Waals surface area contributed by atoms with E-state index in [9.17, 15) is 18.0 Å². The lowest BCUT2D eigenvalue weighted by atomic mass is 10.1. The van der Waals surface area contributed by atoms with E-state index >= 15 is 0 Å². The van der Waals surface area contributed by atoms with Gasteiger partial charge in [-0.15, -0.1) is 0 Å². The molecule has 1 amide bonds. The topological polar surface area (TPSA) is 124 Å². The van der Waals surface area contributed by atoms with Gasteiger partial charge in [0.25, 0.3) is 5.91 Å². The zero-order valence-electron chi connectivity index (χ0n) is 19.4. The Morgan fingerprint density at radius 3 is 2.26 bits per heavy atom. The van der Waals surface area contributed by atoms with Crippen LogP contribution < -0.4 is 10.1 Å². The molecule has 2 N–H and O–H groups in total. The van der Waals surface area contributed by atoms with Crippen LogP contribution in [0, 0.1) is 0 Å². The van der Waals surface area contributed by atoms with Gasteiger partial charge in [-0.3, -0.25) is 4.79 Å². The predicted molar refractivity (Wildman–Crippen MR) is 133 cm³/mol.